The molecule has 3 heteroatoms. The van der Waals surface area contributed by atoms with Gasteiger partial charge in [-0.25, -0.2) is 0 Å². The van der Waals surface area contributed by atoms with Crippen molar-refractivity contribution in [1.29, 1.82) is 0 Å². The number of hydrogen-bond donors (Lipinski definition) is 1. The Morgan fingerprint density at radius 2 is 0.750 bits per heavy atom. The van der Waals surface area contributed by atoms with E-state index >= 15 is 0 Å². The summed E-state index contributed by atoms with van der Waals surface area (Å²) in [4.78, 5) is 0. The Kier molecular flexibility index (Phi) is 26.4. The molecular formula is C25H54INO. The van der Waals surface area contributed by atoms with Gasteiger partial charge in [0.2, 0.25) is 0 Å². The van der Waals surface area contributed by atoms with Crippen molar-refractivity contribution in [2.24, 2.45) is 0 Å². The van der Waals surface area contributed by atoms with Gasteiger partial charge >= 0.3 is 0 Å². The van der Waals surface area contributed by atoms with Crippen LogP contribution >= 0.6 is 0 Å². The lowest BCUT2D eigenvalue weighted by atomic mass is 10.1. The summed E-state index contributed by atoms with van der Waals surface area (Å²) in [5, 5.41) is 9.13. The minimum atomic E-state index is 0. The monoisotopic (exact) mass is 511 g/mol. The maximum atomic E-state index is 9.13. The van der Waals surface area contributed by atoms with Gasteiger partial charge in [0.15, 0.2) is 0 Å². The molecule has 0 aliphatic heterocycles. The maximum absolute atomic E-state index is 9.13. The highest BCUT2D eigenvalue weighted by Gasteiger charge is 2.20. The highest BCUT2D eigenvalue weighted by Crippen LogP contribution is 2.15. The lowest BCUT2D eigenvalue weighted by Crippen LogP contribution is -3.00. The fourth-order valence-corrected chi connectivity index (χ4v) is 4.20. The first-order chi connectivity index (χ1) is 13.2. The fourth-order valence-electron chi connectivity index (χ4n) is 4.20. The van der Waals surface area contributed by atoms with Gasteiger partial charge in [0, 0.05) is 6.61 Å². The summed E-state index contributed by atoms with van der Waals surface area (Å²) >= 11 is 0. The average molecular weight is 512 g/mol. The third kappa shape index (κ3) is 21.4. The Labute approximate surface area is 195 Å². The quantitative estimate of drug-likeness (QED) is 0.129. The largest absolute Gasteiger partial charge is 1.00 e. The second-order valence-corrected chi connectivity index (χ2v) is 9.17. The highest BCUT2D eigenvalue weighted by atomic mass is 127. The van der Waals surface area contributed by atoms with Crippen LogP contribution in [0.4, 0.5) is 0 Å². The van der Waals surface area contributed by atoms with Crippen molar-refractivity contribution in [3.05, 3.63) is 0 Å². The van der Waals surface area contributed by atoms with Gasteiger partial charge in [0.05, 0.1) is 26.7 Å². The number of aliphatic hydroxyl groups is 1. The summed E-state index contributed by atoms with van der Waals surface area (Å²) in [5.41, 5.74) is 0. The molecule has 1 N–H and O–H groups in total. The summed E-state index contributed by atoms with van der Waals surface area (Å²) < 4.78 is 1.24. The van der Waals surface area contributed by atoms with Gasteiger partial charge in [-0.3, -0.25) is 0 Å². The van der Waals surface area contributed by atoms with Crippen LogP contribution in [0.15, 0.2) is 0 Å². The second-order valence-electron chi connectivity index (χ2n) is 9.17. The number of unbranched alkanes of at least 4 members (excludes halogenated alkanes) is 15. The minimum absolute atomic E-state index is 0. The van der Waals surface area contributed by atoms with E-state index in [0.29, 0.717) is 6.61 Å². The molecule has 0 saturated carbocycles. The van der Waals surface area contributed by atoms with E-state index in [0.717, 1.165) is 6.42 Å². The normalized spacial score (nSPS) is 11.6. The predicted octanol–water partition coefficient (Wildman–Crippen LogP) is 4.49. The van der Waals surface area contributed by atoms with Gasteiger partial charge in [0.1, 0.15) is 0 Å². The third-order valence-electron chi connectivity index (χ3n) is 6.21. The van der Waals surface area contributed by atoms with Crippen molar-refractivity contribution in [2.75, 3.05) is 33.3 Å². The van der Waals surface area contributed by atoms with E-state index in [1.165, 1.54) is 133 Å². The minimum Gasteiger partial charge on any atom is -1.00 e. The van der Waals surface area contributed by atoms with Crippen LogP contribution in [-0.4, -0.2) is 42.9 Å². The van der Waals surface area contributed by atoms with Crippen molar-refractivity contribution in [3.8, 4) is 0 Å². The average Bonchev–Trinajstić information content (AvgIpc) is 2.66. The van der Waals surface area contributed by atoms with E-state index in [1.807, 2.05) is 0 Å². The molecule has 0 heterocycles. The van der Waals surface area contributed by atoms with E-state index < -0.39 is 0 Å². The Morgan fingerprint density at radius 3 is 1.07 bits per heavy atom. The Bertz CT molecular complexity index is 266. The molecule has 0 atom stereocenters. The Balaban J connectivity index is 0. The molecule has 0 unspecified atom stereocenters. The Morgan fingerprint density at radius 1 is 0.464 bits per heavy atom. The van der Waals surface area contributed by atoms with Crippen molar-refractivity contribution in [1.82, 2.24) is 0 Å². The number of nitrogens with zero attached hydrogens (tertiary/aromatic N) is 1. The summed E-state index contributed by atoms with van der Waals surface area (Å²) in [6.07, 6.45) is 24.8. The zero-order chi connectivity index (χ0) is 20.1. The van der Waals surface area contributed by atoms with E-state index in [1.54, 1.807) is 0 Å². The van der Waals surface area contributed by atoms with Crippen LogP contribution in [0.2, 0.25) is 0 Å². The summed E-state index contributed by atoms with van der Waals surface area (Å²) in [7, 11) is 2.47. The molecule has 0 aromatic rings. The van der Waals surface area contributed by atoms with Crippen LogP contribution in [0.3, 0.4) is 0 Å². The maximum Gasteiger partial charge on any atom is 0.0785 e. The third-order valence-corrected chi connectivity index (χ3v) is 6.21. The first kappa shape index (κ1) is 30.8. The number of hydrogen-bond acceptors (Lipinski definition) is 1. The van der Waals surface area contributed by atoms with Crippen LogP contribution in [-0.2, 0) is 0 Å². The van der Waals surface area contributed by atoms with E-state index in [9.17, 15) is 0 Å². The second kappa shape index (κ2) is 23.9. The SMILES string of the molecule is CCCCCCCCCC[N+](C)(CCCCO)CCCCCCCCCC.[I-]. The number of quaternary nitrogens is 1. The standard InChI is InChI=1S/C25H54NO.HI/c1-4-6-8-10-12-14-16-18-22-26(3,24-20-21-25-27)23-19-17-15-13-11-9-7-5-2;/h27H,4-25H2,1-3H3;1H/q+1;/p-1. The van der Waals surface area contributed by atoms with Crippen LogP contribution in [0.5, 0.6) is 0 Å². The first-order valence-electron chi connectivity index (χ1n) is 12.6. The number of halogens is 1. The van der Waals surface area contributed by atoms with Crippen molar-refractivity contribution in [2.45, 2.75) is 129 Å². The van der Waals surface area contributed by atoms with Gasteiger partial charge in [-0.2, -0.15) is 0 Å². The van der Waals surface area contributed by atoms with Crippen molar-refractivity contribution < 1.29 is 33.6 Å². The van der Waals surface area contributed by atoms with Crippen molar-refractivity contribution in [3.63, 3.8) is 0 Å². The molecule has 0 saturated heterocycles. The molecule has 0 rings (SSSR count). The van der Waals surface area contributed by atoms with Gasteiger partial charge in [0.25, 0.3) is 0 Å². The first-order valence-corrected chi connectivity index (χ1v) is 12.6. The zero-order valence-electron chi connectivity index (χ0n) is 19.8. The van der Waals surface area contributed by atoms with E-state index in [2.05, 4.69) is 20.9 Å². The smallest absolute Gasteiger partial charge is 0.0785 e. The molecule has 0 bridgehead atoms. The summed E-state index contributed by atoms with van der Waals surface area (Å²) in [6, 6.07) is 0. The molecular weight excluding hydrogens is 457 g/mol. The van der Waals surface area contributed by atoms with Crippen molar-refractivity contribution >= 4 is 0 Å². The highest BCUT2D eigenvalue weighted by molar-refractivity contribution is 4.51. The van der Waals surface area contributed by atoms with Crippen LogP contribution in [0, 0.1) is 0 Å². The topological polar surface area (TPSA) is 20.2 Å². The lowest BCUT2D eigenvalue weighted by molar-refractivity contribution is -0.910. The van der Waals surface area contributed by atoms with Gasteiger partial charge in [-0.15, -0.1) is 0 Å². The molecule has 2 nitrogen and oxygen atoms in total. The van der Waals surface area contributed by atoms with E-state index in [-0.39, 0.29) is 24.0 Å². The van der Waals surface area contributed by atoms with Crippen LogP contribution < -0.4 is 24.0 Å². The molecule has 0 aliphatic carbocycles. The number of aliphatic hydroxyl groups excluding tert-OH is 1. The van der Waals surface area contributed by atoms with Crippen LogP contribution in [0.1, 0.15) is 129 Å². The molecule has 0 amide bonds. The fraction of sp³-hybridized carbons (Fsp3) is 1.00. The molecule has 0 aromatic carbocycles. The Hall–Kier alpha value is 0.650. The van der Waals surface area contributed by atoms with Gasteiger partial charge in [-0.1, -0.05) is 90.9 Å². The molecule has 0 aliphatic rings. The molecule has 0 aromatic heterocycles. The molecule has 0 fully saturated rings. The van der Waals surface area contributed by atoms with Gasteiger partial charge < -0.3 is 33.6 Å². The number of rotatable bonds is 22. The molecule has 0 spiro atoms. The molecule has 28 heavy (non-hydrogen) atoms. The molecule has 0 radical (unpaired) electrons. The molecule has 172 valence electrons. The lowest BCUT2D eigenvalue weighted by Gasteiger charge is -2.35. The zero-order valence-corrected chi connectivity index (χ0v) is 22.0. The van der Waals surface area contributed by atoms with Gasteiger partial charge in [-0.05, 0) is 38.5 Å². The predicted molar refractivity (Wildman–Crippen MR) is 122 cm³/mol. The summed E-state index contributed by atoms with van der Waals surface area (Å²) in [5.74, 6) is 0. The summed E-state index contributed by atoms with van der Waals surface area (Å²) in [6.45, 7) is 8.89. The van der Waals surface area contributed by atoms with Crippen LogP contribution in [0.25, 0.3) is 0 Å². The van der Waals surface area contributed by atoms with E-state index in [4.69, 9.17) is 5.11 Å².